The van der Waals surface area contributed by atoms with Gasteiger partial charge in [0, 0.05) is 31.3 Å². The summed E-state index contributed by atoms with van der Waals surface area (Å²) in [6.07, 6.45) is 3.05. The van der Waals surface area contributed by atoms with E-state index in [9.17, 15) is 0 Å². The number of hydrogen-bond donors (Lipinski definition) is 1. The van der Waals surface area contributed by atoms with Crippen LogP contribution in [0.2, 0.25) is 5.02 Å². The van der Waals surface area contributed by atoms with Crippen LogP contribution in [0.4, 0.5) is 5.82 Å². The molecular weight excluding hydrogens is 302 g/mol. The number of nitrogens with one attached hydrogen (secondary N) is 1. The van der Waals surface area contributed by atoms with Crippen LogP contribution in [0.5, 0.6) is 0 Å². The van der Waals surface area contributed by atoms with Gasteiger partial charge in [0.25, 0.3) is 0 Å². The van der Waals surface area contributed by atoms with Gasteiger partial charge >= 0.3 is 0 Å². The lowest BCUT2D eigenvalue weighted by atomic mass is 10.1. The van der Waals surface area contributed by atoms with E-state index in [4.69, 9.17) is 16.3 Å². The van der Waals surface area contributed by atoms with Crippen LogP contribution < -0.4 is 5.32 Å². The summed E-state index contributed by atoms with van der Waals surface area (Å²) in [6, 6.07) is 7.64. The third kappa shape index (κ3) is 2.75. The molecule has 22 heavy (non-hydrogen) atoms. The summed E-state index contributed by atoms with van der Waals surface area (Å²) in [5.41, 5.74) is 2.45. The van der Waals surface area contributed by atoms with E-state index in [2.05, 4.69) is 20.3 Å². The third-order valence-electron chi connectivity index (χ3n) is 3.49. The van der Waals surface area contributed by atoms with Gasteiger partial charge in [-0.05, 0) is 6.07 Å². The standard InChI is InChI=1S/C15H16ClN5O/c1-21-9-20-13-14(18-8-19-15(13)21)17-7-12(22-2)10-5-3-4-6-11(10)16/h3-6,8-9,12H,7H2,1-2H3,(H,17,18,19). The second-order valence-corrected chi connectivity index (χ2v) is 5.28. The Labute approximate surface area is 133 Å². The third-order valence-corrected chi connectivity index (χ3v) is 3.83. The molecule has 1 aromatic carbocycles. The molecule has 0 fully saturated rings. The minimum absolute atomic E-state index is 0.178. The molecule has 0 bridgehead atoms. The fraction of sp³-hybridized carbons (Fsp3) is 0.267. The molecule has 0 aliphatic heterocycles. The zero-order valence-corrected chi connectivity index (χ0v) is 13.1. The van der Waals surface area contributed by atoms with Crippen molar-refractivity contribution in [1.29, 1.82) is 0 Å². The molecule has 114 valence electrons. The number of ether oxygens (including phenoxy) is 1. The molecule has 0 amide bonds. The van der Waals surface area contributed by atoms with Crippen molar-refractivity contribution in [3.05, 3.63) is 47.5 Å². The number of nitrogens with zero attached hydrogens (tertiary/aromatic N) is 4. The lowest BCUT2D eigenvalue weighted by Gasteiger charge is -2.18. The van der Waals surface area contributed by atoms with Gasteiger partial charge in [0.05, 0.1) is 6.33 Å². The second-order valence-electron chi connectivity index (χ2n) is 4.88. The summed E-state index contributed by atoms with van der Waals surface area (Å²) in [5, 5.41) is 3.95. The van der Waals surface area contributed by atoms with Crippen LogP contribution in [0.1, 0.15) is 11.7 Å². The summed E-state index contributed by atoms with van der Waals surface area (Å²) < 4.78 is 7.39. The Morgan fingerprint density at radius 1 is 1.27 bits per heavy atom. The molecule has 0 saturated carbocycles. The van der Waals surface area contributed by atoms with E-state index in [0.29, 0.717) is 17.4 Å². The van der Waals surface area contributed by atoms with Crippen molar-refractivity contribution in [3.63, 3.8) is 0 Å². The first-order valence-electron chi connectivity index (χ1n) is 6.84. The van der Waals surface area contributed by atoms with E-state index in [-0.39, 0.29) is 6.10 Å². The number of methoxy groups -OCH3 is 1. The molecule has 2 aromatic heterocycles. The fourth-order valence-electron chi connectivity index (χ4n) is 2.32. The minimum Gasteiger partial charge on any atom is -0.375 e. The zero-order chi connectivity index (χ0) is 15.5. The molecule has 7 heteroatoms. The SMILES string of the molecule is COC(CNc1ncnc2c1ncn2C)c1ccccc1Cl. The average Bonchev–Trinajstić information content (AvgIpc) is 2.92. The van der Waals surface area contributed by atoms with Gasteiger partial charge in [0.1, 0.15) is 17.9 Å². The fourth-order valence-corrected chi connectivity index (χ4v) is 2.58. The summed E-state index contributed by atoms with van der Waals surface area (Å²) in [5.74, 6) is 0.680. The van der Waals surface area contributed by atoms with Crippen LogP contribution in [0.15, 0.2) is 36.9 Å². The number of rotatable bonds is 5. The first kappa shape index (κ1) is 14.7. The molecule has 2 heterocycles. The van der Waals surface area contributed by atoms with Gasteiger partial charge in [-0.2, -0.15) is 0 Å². The van der Waals surface area contributed by atoms with E-state index in [1.165, 1.54) is 6.33 Å². The van der Waals surface area contributed by atoms with E-state index in [1.54, 1.807) is 13.4 Å². The maximum Gasteiger partial charge on any atom is 0.165 e. The van der Waals surface area contributed by atoms with Crippen LogP contribution in [0, 0.1) is 0 Å². The number of halogens is 1. The molecule has 1 atom stereocenters. The highest BCUT2D eigenvalue weighted by atomic mass is 35.5. The highest BCUT2D eigenvalue weighted by molar-refractivity contribution is 6.31. The molecule has 0 spiro atoms. The van der Waals surface area contributed by atoms with Crippen LogP contribution in [0.25, 0.3) is 11.2 Å². The molecule has 1 unspecified atom stereocenters. The van der Waals surface area contributed by atoms with Gasteiger partial charge in [-0.15, -0.1) is 0 Å². The summed E-state index contributed by atoms with van der Waals surface area (Å²) in [6.45, 7) is 0.531. The largest absolute Gasteiger partial charge is 0.375 e. The normalized spacial score (nSPS) is 12.5. The van der Waals surface area contributed by atoms with Gasteiger partial charge in [0.2, 0.25) is 0 Å². The number of imidazole rings is 1. The van der Waals surface area contributed by atoms with Crippen molar-refractivity contribution in [1.82, 2.24) is 19.5 Å². The van der Waals surface area contributed by atoms with E-state index in [1.807, 2.05) is 35.9 Å². The number of aryl methyl sites for hydroxylation is 1. The Morgan fingerprint density at radius 2 is 2.09 bits per heavy atom. The zero-order valence-electron chi connectivity index (χ0n) is 12.3. The van der Waals surface area contributed by atoms with E-state index < -0.39 is 0 Å². The summed E-state index contributed by atoms with van der Waals surface area (Å²) in [7, 11) is 3.56. The Morgan fingerprint density at radius 3 is 2.86 bits per heavy atom. The molecule has 0 aliphatic carbocycles. The maximum absolute atomic E-state index is 6.23. The number of aromatic nitrogens is 4. The molecule has 0 radical (unpaired) electrons. The van der Waals surface area contributed by atoms with Gasteiger partial charge in [0.15, 0.2) is 11.5 Å². The maximum atomic E-state index is 6.23. The number of hydrogen-bond acceptors (Lipinski definition) is 5. The Bertz CT molecular complexity index is 788. The van der Waals surface area contributed by atoms with Crippen LogP contribution >= 0.6 is 11.6 Å². The molecule has 3 rings (SSSR count). The van der Waals surface area contributed by atoms with Crippen molar-refractivity contribution in [2.45, 2.75) is 6.10 Å². The van der Waals surface area contributed by atoms with Gasteiger partial charge in [-0.25, -0.2) is 15.0 Å². The summed E-state index contributed by atoms with van der Waals surface area (Å²) in [4.78, 5) is 12.8. The number of benzene rings is 1. The van der Waals surface area contributed by atoms with Gasteiger partial charge in [-0.3, -0.25) is 0 Å². The van der Waals surface area contributed by atoms with Crippen molar-refractivity contribution in [2.75, 3.05) is 19.0 Å². The molecule has 1 N–H and O–H groups in total. The second kappa shape index (κ2) is 6.29. The first-order chi connectivity index (χ1) is 10.7. The van der Waals surface area contributed by atoms with Crippen LogP contribution in [-0.2, 0) is 11.8 Å². The van der Waals surface area contributed by atoms with Crippen LogP contribution in [-0.4, -0.2) is 33.2 Å². The predicted molar refractivity (Wildman–Crippen MR) is 86.0 cm³/mol. The lowest BCUT2D eigenvalue weighted by Crippen LogP contribution is -2.16. The lowest BCUT2D eigenvalue weighted by molar-refractivity contribution is 0.114. The highest BCUT2D eigenvalue weighted by Gasteiger charge is 2.15. The monoisotopic (exact) mass is 317 g/mol. The van der Waals surface area contributed by atoms with Gasteiger partial charge in [-0.1, -0.05) is 29.8 Å². The average molecular weight is 318 g/mol. The smallest absolute Gasteiger partial charge is 0.165 e. The summed E-state index contributed by atoms with van der Waals surface area (Å²) >= 11 is 6.23. The van der Waals surface area contributed by atoms with E-state index >= 15 is 0 Å². The molecule has 0 saturated heterocycles. The predicted octanol–water partition coefficient (Wildman–Crippen LogP) is 2.82. The molecular formula is C15H16ClN5O. The molecule has 3 aromatic rings. The quantitative estimate of drug-likeness (QED) is 0.784. The van der Waals surface area contributed by atoms with Crippen molar-refractivity contribution < 1.29 is 4.74 Å². The Kier molecular flexibility index (Phi) is 4.22. The first-order valence-corrected chi connectivity index (χ1v) is 7.21. The van der Waals surface area contributed by atoms with Crippen molar-refractivity contribution in [3.8, 4) is 0 Å². The Hall–Kier alpha value is -2.18. The van der Waals surface area contributed by atoms with Crippen molar-refractivity contribution in [2.24, 2.45) is 7.05 Å². The number of anilines is 1. The minimum atomic E-state index is -0.178. The molecule has 6 nitrogen and oxygen atoms in total. The van der Waals surface area contributed by atoms with Crippen LogP contribution in [0.3, 0.4) is 0 Å². The van der Waals surface area contributed by atoms with E-state index in [0.717, 1.165) is 16.7 Å². The van der Waals surface area contributed by atoms with Crippen molar-refractivity contribution >= 4 is 28.6 Å². The number of fused-ring (bicyclic) bond motifs is 1. The molecule has 0 aliphatic rings. The highest BCUT2D eigenvalue weighted by Crippen LogP contribution is 2.26. The topological polar surface area (TPSA) is 64.9 Å². The Balaban J connectivity index is 1.82. The van der Waals surface area contributed by atoms with Gasteiger partial charge < -0.3 is 14.6 Å².